The molecule has 2 aromatic rings. The van der Waals surface area contributed by atoms with E-state index in [1.165, 1.54) is 11.1 Å². The van der Waals surface area contributed by atoms with Gasteiger partial charge in [0.15, 0.2) is 5.82 Å². The van der Waals surface area contributed by atoms with Crippen LogP contribution in [0.4, 0.5) is 5.82 Å². The average Bonchev–Trinajstić information content (AvgIpc) is 2.47. The van der Waals surface area contributed by atoms with E-state index in [0.717, 1.165) is 15.7 Å². The summed E-state index contributed by atoms with van der Waals surface area (Å²) in [6.45, 7) is 4.21. The van der Waals surface area contributed by atoms with Crippen LogP contribution < -0.4 is 5.73 Å². The van der Waals surface area contributed by atoms with Gasteiger partial charge >= 0.3 is 0 Å². The summed E-state index contributed by atoms with van der Waals surface area (Å²) in [6.07, 6.45) is 0. The molecule has 1 heterocycles. The third-order valence-corrected chi connectivity index (χ3v) is 3.58. The van der Waals surface area contributed by atoms with Crippen LogP contribution in [0.2, 0.25) is 0 Å². The molecule has 0 radical (unpaired) electrons. The zero-order chi connectivity index (χ0) is 11.9. The number of nitrogens with two attached hydrogens (primary N) is 1. The molecule has 0 amide bonds. The summed E-state index contributed by atoms with van der Waals surface area (Å²) >= 11 is 3.47. The number of benzene rings is 1. The monoisotopic (exact) mass is 279 g/mol. The average molecular weight is 280 g/mol. The molecule has 3 nitrogen and oxygen atoms in total. The van der Waals surface area contributed by atoms with Gasteiger partial charge in [-0.1, -0.05) is 12.1 Å². The smallest absolute Gasteiger partial charge is 0.160 e. The van der Waals surface area contributed by atoms with Crippen LogP contribution in [0.1, 0.15) is 11.1 Å². The first-order valence-electron chi connectivity index (χ1n) is 5.06. The number of nitrogens with zero attached hydrogens (tertiary/aromatic N) is 2. The first-order valence-corrected chi connectivity index (χ1v) is 5.85. The second-order valence-electron chi connectivity index (χ2n) is 3.97. The predicted octanol–water partition coefficient (Wildman–Crippen LogP) is 3.05. The molecule has 2 rings (SSSR count). The van der Waals surface area contributed by atoms with Crippen molar-refractivity contribution in [3.05, 3.63) is 33.8 Å². The molecule has 0 atom stereocenters. The Hall–Kier alpha value is -1.29. The lowest BCUT2D eigenvalue weighted by Crippen LogP contribution is -1.95. The number of nitrogen functional groups attached to an aromatic ring is 1. The minimum atomic E-state index is 0.524. The van der Waals surface area contributed by atoms with Crippen molar-refractivity contribution in [3.63, 3.8) is 0 Å². The molecule has 0 fully saturated rings. The lowest BCUT2D eigenvalue weighted by molar-refractivity contribution is 0.780. The molecule has 2 N–H and O–H groups in total. The maximum atomic E-state index is 5.77. The van der Waals surface area contributed by atoms with Crippen LogP contribution in [-0.2, 0) is 7.05 Å². The highest BCUT2D eigenvalue weighted by molar-refractivity contribution is 9.10. The third-order valence-electron chi connectivity index (χ3n) is 2.79. The molecule has 0 unspecified atom stereocenters. The standard InChI is InChI=1S/C12H14BrN3/c1-7-4-5-9(6-8(7)2)11-10(13)12(14)15-16(11)3/h4-6H,1-3H3,(H2,14,15). The molecule has 0 aliphatic carbocycles. The fourth-order valence-corrected chi connectivity index (χ4v) is 2.29. The van der Waals surface area contributed by atoms with Crippen LogP contribution in [0.3, 0.4) is 0 Å². The fraction of sp³-hybridized carbons (Fsp3) is 0.250. The number of aryl methyl sites for hydroxylation is 3. The van der Waals surface area contributed by atoms with E-state index in [1.807, 2.05) is 7.05 Å². The van der Waals surface area contributed by atoms with Crippen molar-refractivity contribution in [1.82, 2.24) is 9.78 Å². The summed E-state index contributed by atoms with van der Waals surface area (Å²) in [7, 11) is 1.89. The molecule has 1 aromatic heterocycles. The van der Waals surface area contributed by atoms with Gasteiger partial charge in [-0.2, -0.15) is 5.10 Å². The van der Waals surface area contributed by atoms with Crippen molar-refractivity contribution in [2.24, 2.45) is 7.05 Å². The minimum absolute atomic E-state index is 0.524. The normalized spacial score (nSPS) is 10.8. The lowest BCUT2D eigenvalue weighted by Gasteiger charge is -2.06. The van der Waals surface area contributed by atoms with Crippen LogP contribution in [0, 0.1) is 13.8 Å². The van der Waals surface area contributed by atoms with Gasteiger partial charge in [0.1, 0.15) is 0 Å². The van der Waals surface area contributed by atoms with Crippen LogP contribution in [-0.4, -0.2) is 9.78 Å². The highest BCUT2D eigenvalue weighted by Gasteiger charge is 2.13. The highest BCUT2D eigenvalue weighted by atomic mass is 79.9. The number of hydrogen-bond donors (Lipinski definition) is 1. The molecule has 0 saturated heterocycles. The molecule has 0 saturated carbocycles. The van der Waals surface area contributed by atoms with Gasteiger partial charge in [-0.15, -0.1) is 0 Å². The van der Waals surface area contributed by atoms with E-state index in [2.05, 4.69) is 53.1 Å². The van der Waals surface area contributed by atoms with Crippen LogP contribution in [0.15, 0.2) is 22.7 Å². The first kappa shape index (κ1) is 11.2. The second-order valence-corrected chi connectivity index (χ2v) is 4.76. The Balaban J connectivity index is 2.63. The van der Waals surface area contributed by atoms with Gasteiger partial charge in [0, 0.05) is 12.6 Å². The van der Waals surface area contributed by atoms with Crippen LogP contribution in [0.5, 0.6) is 0 Å². The number of rotatable bonds is 1. The van der Waals surface area contributed by atoms with Crippen LogP contribution in [0.25, 0.3) is 11.3 Å². The number of anilines is 1. The lowest BCUT2D eigenvalue weighted by atomic mass is 10.0. The zero-order valence-electron chi connectivity index (χ0n) is 9.58. The second kappa shape index (κ2) is 3.94. The Morgan fingerprint density at radius 2 is 1.94 bits per heavy atom. The quantitative estimate of drug-likeness (QED) is 0.872. The van der Waals surface area contributed by atoms with Crippen molar-refractivity contribution in [1.29, 1.82) is 0 Å². The van der Waals surface area contributed by atoms with E-state index >= 15 is 0 Å². The van der Waals surface area contributed by atoms with Gasteiger partial charge in [0.2, 0.25) is 0 Å². The Labute approximate surface area is 103 Å². The largest absolute Gasteiger partial charge is 0.381 e. The first-order chi connectivity index (χ1) is 7.50. The zero-order valence-corrected chi connectivity index (χ0v) is 11.2. The van der Waals surface area contributed by atoms with Crippen molar-refractivity contribution < 1.29 is 0 Å². The SMILES string of the molecule is Cc1ccc(-c2c(Br)c(N)nn2C)cc1C. The van der Waals surface area contributed by atoms with Crippen molar-refractivity contribution >= 4 is 21.7 Å². The molecule has 0 aliphatic rings. The summed E-state index contributed by atoms with van der Waals surface area (Å²) in [5, 5.41) is 4.19. The van der Waals surface area contributed by atoms with Crippen molar-refractivity contribution in [3.8, 4) is 11.3 Å². The van der Waals surface area contributed by atoms with Crippen LogP contribution >= 0.6 is 15.9 Å². The number of halogens is 1. The molecule has 16 heavy (non-hydrogen) atoms. The Morgan fingerprint density at radius 1 is 1.25 bits per heavy atom. The van der Waals surface area contributed by atoms with Gasteiger partial charge < -0.3 is 5.73 Å². The molecule has 4 heteroatoms. The fourth-order valence-electron chi connectivity index (χ4n) is 1.72. The van der Waals surface area contributed by atoms with Gasteiger partial charge in [-0.05, 0) is 47.0 Å². The third kappa shape index (κ3) is 1.73. The van der Waals surface area contributed by atoms with E-state index in [4.69, 9.17) is 5.73 Å². The van der Waals surface area contributed by atoms with E-state index in [-0.39, 0.29) is 0 Å². The van der Waals surface area contributed by atoms with E-state index in [0.29, 0.717) is 5.82 Å². The molecule has 0 aliphatic heterocycles. The maximum absolute atomic E-state index is 5.77. The Bertz CT molecular complexity index is 543. The van der Waals surface area contributed by atoms with E-state index in [1.54, 1.807) is 4.68 Å². The Morgan fingerprint density at radius 3 is 2.44 bits per heavy atom. The van der Waals surface area contributed by atoms with Gasteiger partial charge in [0.25, 0.3) is 0 Å². The molecule has 84 valence electrons. The molecular weight excluding hydrogens is 266 g/mol. The summed E-state index contributed by atoms with van der Waals surface area (Å²) in [5.74, 6) is 0.524. The summed E-state index contributed by atoms with van der Waals surface area (Å²) in [4.78, 5) is 0. The van der Waals surface area contributed by atoms with Gasteiger partial charge in [-0.3, -0.25) is 4.68 Å². The maximum Gasteiger partial charge on any atom is 0.160 e. The summed E-state index contributed by atoms with van der Waals surface area (Å²) in [5.41, 5.74) is 10.5. The van der Waals surface area contributed by atoms with Crippen molar-refractivity contribution in [2.45, 2.75) is 13.8 Å². The topological polar surface area (TPSA) is 43.8 Å². The summed E-state index contributed by atoms with van der Waals surface area (Å²) in [6, 6.07) is 6.35. The highest BCUT2D eigenvalue weighted by Crippen LogP contribution is 2.32. The number of hydrogen-bond acceptors (Lipinski definition) is 2. The molecule has 0 spiro atoms. The predicted molar refractivity (Wildman–Crippen MR) is 70.2 cm³/mol. The van der Waals surface area contributed by atoms with Gasteiger partial charge in [-0.25, -0.2) is 0 Å². The summed E-state index contributed by atoms with van der Waals surface area (Å²) < 4.78 is 2.65. The van der Waals surface area contributed by atoms with E-state index < -0.39 is 0 Å². The van der Waals surface area contributed by atoms with E-state index in [9.17, 15) is 0 Å². The Kier molecular flexibility index (Phi) is 2.76. The molecular formula is C12H14BrN3. The van der Waals surface area contributed by atoms with Crippen molar-refractivity contribution in [2.75, 3.05) is 5.73 Å². The van der Waals surface area contributed by atoms with Gasteiger partial charge in [0.05, 0.1) is 10.2 Å². The minimum Gasteiger partial charge on any atom is -0.381 e. The molecule has 0 bridgehead atoms. The molecule has 1 aromatic carbocycles. The number of aromatic nitrogens is 2.